The quantitative estimate of drug-likeness (QED) is 0.872. The van der Waals surface area contributed by atoms with Crippen LogP contribution in [0.5, 0.6) is 0 Å². The molecule has 0 radical (unpaired) electrons. The summed E-state index contributed by atoms with van der Waals surface area (Å²) in [4.78, 5) is 0. The third-order valence-electron chi connectivity index (χ3n) is 3.24. The molecule has 0 aromatic heterocycles. The lowest BCUT2D eigenvalue weighted by Crippen LogP contribution is -2.19. The van der Waals surface area contributed by atoms with Gasteiger partial charge in [0.2, 0.25) is 0 Å². The van der Waals surface area contributed by atoms with E-state index in [2.05, 4.69) is 15.9 Å². The number of nitrogens with two attached hydrogens (primary N) is 1. The molecule has 1 fully saturated rings. The van der Waals surface area contributed by atoms with Gasteiger partial charge in [-0.2, -0.15) is 0 Å². The van der Waals surface area contributed by atoms with Crippen LogP contribution in [-0.4, -0.2) is 13.7 Å². The van der Waals surface area contributed by atoms with Gasteiger partial charge in [-0.3, -0.25) is 0 Å². The average molecular weight is 318 g/mol. The Hall–Kier alpha value is -0.550. The summed E-state index contributed by atoms with van der Waals surface area (Å²) in [5, 5.41) is -0.146. The Morgan fingerprint density at radius 3 is 2.53 bits per heavy atom. The molecule has 0 heterocycles. The third-order valence-corrected chi connectivity index (χ3v) is 6.18. The van der Waals surface area contributed by atoms with Gasteiger partial charge in [0, 0.05) is 10.2 Å². The van der Waals surface area contributed by atoms with Crippen molar-refractivity contribution in [3.63, 3.8) is 0 Å². The molecule has 0 saturated heterocycles. The van der Waals surface area contributed by atoms with Crippen LogP contribution in [0.2, 0.25) is 0 Å². The summed E-state index contributed by atoms with van der Waals surface area (Å²) in [6.45, 7) is 0. The van der Waals surface area contributed by atoms with Crippen LogP contribution in [0.25, 0.3) is 0 Å². The van der Waals surface area contributed by atoms with Gasteiger partial charge in [0.05, 0.1) is 11.0 Å². The number of benzene rings is 1. The Morgan fingerprint density at radius 2 is 1.94 bits per heavy atom. The first-order chi connectivity index (χ1) is 7.99. The number of rotatable bonds is 3. The Labute approximate surface area is 110 Å². The maximum absolute atomic E-state index is 12.2. The number of nitrogen functional groups attached to an aromatic ring is 1. The predicted octanol–water partition coefficient (Wildman–Crippen LogP) is 2.89. The summed E-state index contributed by atoms with van der Waals surface area (Å²) >= 11 is 3.36. The van der Waals surface area contributed by atoms with Crippen LogP contribution in [0.4, 0.5) is 5.69 Å². The molecule has 0 aliphatic heterocycles. The van der Waals surface area contributed by atoms with Gasteiger partial charge >= 0.3 is 0 Å². The lowest BCUT2D eigenvalue weighted by molar-refractivity contribution is 0.578. The van der Waals surface area contributed by atoms with Crippen molar-refractivity contribution in [1.29, 1.82) is 0 Å². The highest BCUT2D eigenvalue weighted by molar-refractivity contribution is 9.10. The molecule has 2 N–H and O–H groups in total. The predicted molar refractivity (Wildman–Crippen MR) is 73.4 cm³/mol. The van der Waals surface area contributed by atoms with Crippen molar-refractivity contribution in [2.45, 2.75) is 36.7 Å². The SMILES string of the molecule is Nc1ccc(CS(=O)(=O)C2CCCC2)c(Br)c1. The van der Waals surface area contributed by atoms with Gasteiger partial charge < -0.3 is 5.73 Å². The summed E-state index contributed by atoms with van der Waals surface area (Å²) in [7, 11) is -3.02. The number of hydrogen-bond donors (Lipinski definition) is 1. The van der Waals surface area contributed by atoms with E-state index < -0.39 is 9.84 Å². The standard InChI is InChI=1S/C12H16BrNO2S/c13-12-7-10(14)6-5-9(12)8-17(15,16)11-3-1-2-4-11/h5-7,11H,1-4,8,14H2. The van der Waals surface area contributed by atoms with Gasteiger partial charge in [-0.1, -0.05) is 34.8 Å². The largest absolute Gasteiger partial charge is 0.399 e. The number of sulfone groups is 1. The first-order valence-corrected chi connectivity index (χ1v) is 8.25. The highest BCUT2D eigenvalue weighted by Gasteiger charge is 2.29. The van der Waals surface area contributed by atoms with Gasteiger partial charge in [0.25, 0.3) is 0 Å². The highest BCUT2D eigenvalue weighted by atomic mass is 79.9. The van der Waals surface area contributed by atoms with Crippen molar-refractivity contribution in [3.8, 4) is 0 Å². The van der Waals surface area contributed by atoms with Gasteiger partial charge in [0.1, 0.15) is 0 Å². The zero-order valence-electron chi connectivity index (χ0n) is 9.52. The minimum Gasteiger partial charge on any atom is -0.399 e. The second-order valence-corrected chi connectivity index (χ2v) is 7.70. The van der Waals surface area contributed by atoms with Gasteiger partial charge in [-0.25, -0.2) is 8.42 Å². The summed E-state index contributed by atoms with van der Waals surface area (Å²) < 4.78 is 25.2. The monoisotopic (exact) mass is 317 g/mol. The number of halogens is 1. The summed E-state index contributed by atoms with van der Waals surface area (Å²) in [5.41, 5.74) is 7.07. The summed E-state index contributed by atoms with van der Waals surface area (Å²) in [5.74, 6) is 0.110. The van der Waals surface area contributed by atoms with Crippen molar-refractivity contribution in [1.82, 2.24) is 0 Å². The smallest absolute Gasteiger partial charge is 0.157 e. The third kappa shape index (κ3) is 3.01. The molecule has 17 heavy (non-hydrogen) atoms. The second kappa shape index (κ2) is 4.98. The molecule has 0 atom stereocenters. The fourth-order valence-corrected chi connectivity index (χ4v) is 4.96. The fraction of sp³-hybridized carbons (Fsp3) is 0.500. The summed E-state index contributed by atoms with van der Waals surface area (Å²) in [6, 6.07) is 5.27. The van der Waals surface area contributed by atoms with Gasteiger partial charge in [-0.15, -0.1) is 0 Å². The van der Waals surface area contributed by atoms with Crippen LogP contribution in [0.15, 0.2) is 22.7 Å². The molecule has 2 rings (SSSR count). The van der Waals surface area contributed by atoms with Crippen LogP contribution in [-0.2, 0) is 15.6 Å². The van der Waals surface area contributed by atoms with E-state index in [4.69, 9.17) is 5.73 Å². The van der Waals surface area contributed by atoms with Gasteiger partial charge in [0.15, 0.2) is 9.84 Å². The normalized spacial score (nSPS) is 17.5. The van der Waals surface area contributed by atoms with Crippen molar-refractivity contribution in [2.75, 3.05) is 5.73 Å². The molecule has 1 aliphatic carbocycles. The topological polar surface area (TPSA) is 60.2 Å². The van der Waals surface area contributed by atoms with Crippen molar-refractivity contribution in [2.24, 2.45) is 0 Å². The van der Waals surface area contributed by atoms with E-state index >= 15 is 0 Å². The molecule has 0 unspecified atom stereocenters. The minimum absolute atomic E-state index is 0.110. The van der Waals surface area contributed by atoms with Crippen molar-refractivity contribution < 1.29 is 8.42 Å². The maximum atomic E-state index is 12.2. The van der Waals surface area contributed by atoms with E-state index in [1.54, 1.807) is 18.2 Å². The molecule has 1 aromatic rings. The molecule has 94 valence electrons. The molecular formula is C12H16BrNO2S. The first kappa shape index (κ1) is 12.9. The van der Waals surface area contributed by atoms with Crippen LogP contribution in [0.3, 0.4) is 0 Å². The molecule has 0 bridgehead atoms. The minimum atomic E-state index is -3.02. The van der Waals surface area contributed by atoms with E-state index in [0.29, 0.717) is 5.69 Å². The maximum Gasteiger partial charge on any atom is 0.157 e. The number of hydrogen-bond acceptors (Lipinski definition) is 3. The molecular weight excluding hydrogens is 302 g/mol. The Kier molecular flexibility index (Phi) is 3.78. The van der Waals surface area contributed by atoms with E-state index in [-0.39, 0.29) is 11.0 Å². The van der Waals surface area contributed by atoms with E-state index in [9.17, 15) is 8.42 Å². The zero-order chi connectivity index (χ0) is 12.5. The van der Waals surface area contributed by atoms with Crippen molar-refractivity contribution in [3.05, 3.63) is 28.2 Å². The molecule has 1 aliphatic rings. The lowest BCUT2D eigenvalue weighted by Gasteiger charge is -2.12. The molecule has 3 nitrogen and oxygen atoms in total. The van der Waals surface area contributed by atoms with E-state index in [0.717, 1.165) is 35.7 Å². The zero-order valence-corrected chi connectivity index (χ0v) is 11.9. The van der Waals surface area contributed by atoms with E-state index in [1.807, 2.05) is 0 Å². The molecule has 0 amide bonds. The van der Waals surface area contributed by atoms with Crippen LogP contribution in [0, 0.1) is 0 Å². The van der Waals surface area contributed by atoms with E-state index in [1.165, 1.54) is 0 Å². The molecule has 0 spiro atoms. The molecule has 5 heteroatoms. The van der Waals surface area contributed by atoms with Gasteiger partial charge in [-0.05, 0) is 30.5 Å². The lowest BCUT2D eigenvalue weighted by atomic mass is 10.2. The van der Waals surface area contributed by atoms with Crippen LogP contribution < -0.4 is 5.73 Å². The average Bonchev–Trinajstić information content (AvgIpc) is 2.76. The number of anilines is 1. The van der Waals surface area contributed by atoms with Crippen LogP contribution >= 0.6 is 15.9 Å². The Morgan fingerprint density at radius 1 is 1.29 bits per heavy atom. The summed E-state index contributed by atoms with van der Waals surface area (Å²) in [6.07, 6.45) is 3.70. The Bertz CT molecular complexity index is 507. The molecule has 1 saturated carbocycles. The van der Waals surface area contributed by atoms with Crippen molar-refractivity contribution >= 4 is 31.5 Å². The van der Waals surface area contributed by atoms with Crippen LogP contribution in [0.1, 0.15) is 31.2 Å². The Balaban J connectivity index is 2.19. The molecule has 1 aromatic carbocycles. The first-order valence-electron chi connectivity index (χ1n) is 5.74. The second-order valence-electron chi connectivity index (χ2n) is 4.56. The fourth-order valence-electron chi connectivity index (χ4n) is 2.26. The highest BCUT2D eigenvalue weighted by Crippen LogP contribution is 2.29.